The SMILES string of the molecule is c1ccc(-c2ccc(-n3c4cccc(-c5cccc(-c6cc(-c7ccccc7)nc(-c7ccc(-n8c9ccccc9c9c%10c(ccc98)-c8cccc9cccc-%10c89)cc7)n6)c5)c4c4ccc5c(c43)-c3cccc4cccc-5c34)cc2)cc1. The van der Waals surface area contributed by atoms with Crippen molar-refractivity contribution in [2.75, 3.05) is 0 Å². The largest absolute Gasteiger partial charge is 0.309 e. The summed E-state index contributed by atoms with van der Waals surface area (Å²) < 4.78 is 4.93. The van der Waals surface area contributed by atoms with Gasteiger partial charge in [-0.3, -0.25) is 0 Å². The van der Waals surface area contributed by atoms with Crippen LogP contribution < -0.4 is 0 Å². The van der Waals surface area contributed by atoms with E-state index in [1.807, 2.05) is 0 Å². The molecule has 0 saturated carbocycles. The van der Waals surface area contributed by atoms with Gasteiger partial charge in [0.25, 0.3) is 0 Å². The van der Waals surface area contributed by atoms with E-state index in [4.69, 9.17) is 9.97 Å². The summed E-state index contributed by atoms with van der Waals surface area (Å²) in [6, 6.07) is 102. The average Bonchev–Trinajstić information content (AvgIpc) is 2.91. The Morgan fingerprint density at radius 3 is 1.46 bits per heavy atom. The van der Waals surface area contributed by atoms with Crippen molar-refractivity contribution in [3.05, 3.63) is 279 Å². The molecule has 0 N–H and O–H groups in total. The molecule has 16 aromatic rings. The van der Waals surface area contributed by atoms with Crippen molar-refractivity contribution in [1.29, 1.82) is 0 Å². The Morgan fingerprint density at radius 2 is 0.744 bits per heavy atom. The second kappa shape index (κ2) is 17.3. The maximum Gasteiger partial charge on any atom is 0.160 e. The molecule has 0 atom stereocenters. The Hall–Kier alpha value is -10.9. The maximum atomic E-state index is 5.44. The molecule has 378 valence electrons. The second-order valence-electron chi connectivity index (χ2n) is 21.9. The van der Waals surface area contributed by atoms with Crippen LogP contribution in [0.3, 0.4) is 0 Å². The van der Waals surface area contributed by atoms with E-state index >= 15 is 0 Å². The number of nitrogens with zero attached hydrogens (tertiary/aromatic N) is 4. The number of para-hydroxylation sites is 1. The molecular weight excluding hydrogens is 993 g/mol. The number of rotatable bonds is 7. The lowest BCUT2D eigenvalue weighted by Gasteiger charge is -2.13. The van der Waals surface area contributed by atoms with Gasteiger partial charge < -0.3 is 9.13 Å². The maximum absolute atomic E-state index is 5.44. The molecule has 2 aliphatic rings. The van der Waals surface area contributed by atoms with Crippen molar-refractivity contribution >= 4 is 65.2 Å². The zero-order valence-electron chi connectivity index (χ0n) is 44.3. The smallest absolute Gasteiger partial charge is 0.160 e. The quantitative estimate of drug-likeness (QED) is 0.159. The van der Waals surface area contributed by atoms with Crippen molar-refractivity contribution in [2.24, 2.45) is 0 Å². The van der Waals surface area contributed by atoms with E-state index in [0.29, 0.717) is 5.82 Å². The van der Waals surface area contributed by atoms with Crippen LogP contribution in [0.5, 0.6) is 0 Å². The summed E-state index contributed by atoms with van der Waals surface area (Å²) in [6.45, 7) is 0. The van der Waals surface area contributed by atoms with Gasteiger partial charge in [0.2, 0.25) is 0 Å². The summed E-state index contributed by atoms with van der Waals surface area (Å²) in [4.78, 5) is 10.8. The number of aromatic nitrogens is 4. The summed E-state index contributed by atoms with van der Waals surface area (Å²) in [5.41, 5.74) is 26.7. The van der Waals surface area contributed by atoms with E-state index in [-0.39, 0.29) is 0 Å². The molecule has 0 unspecified atom stereocenters. The van der Waals surface area contributed by atoms with Crippen LogP contribution in [0.15, 0.2) is 279 Å². The zero-order valence-corrected chi connectivity index (χ0v) is 44.3. The Morgan fingerprint density at radius 1 is 0.244 bits per heavy atom. The first-order valence-corrected chi connectivity index (χ1v) is 28.2. The Bertz CT molecular complexity index is 5350. The first-order chi connectivity index (χ1) is 40.7. The van der Waals surface area contributed by atoms with Crippen LogP contribution in [0, 0.1) is 0 Å². The molecule has 4 nitrogen and oxygen atoms in total. The molecule has 0 aliphatic heterocycles. The highest BCUT2D eigenvalue weighted by Gasteiger charge is 2.29. The van der Waals surface area contributed by atoms with Gasteiger partial charge in [-0.2, -0.15) is 0 Å². The average molecular weight is 1040 g/mol. The summed E-state index contributed by atoms with van der Waals surface area (Å²) in [6.07, 6.45) is 0. The highest BCUT2D eigenvalue weighted by Crippen LogP contribution is 2.55. The van der Waals surface area contributed by atoms with E-state index < -0.39 is 0 Å². The fourth-order valence-corrected chi connectivity index (χ4v) is 14.1. The van der Waals surface area contributed by atoms with Crippen LogP contribution in [0.25, 0.3) is 177 Å². The Kier molecular flexibility index (Phi) is 9.48. The number of hydrogen-bond donors (Lipinski definition) is 0. The normalized spacial score (nSPS) is 12.1. The van der Waals surface area contributed by atoms with Gasteiger partial charge in [-0.15, -0.1) is 0 Å². The fourth-order valence-electron chi connectivity index (χ4n) is 14.1. The lowest BCUT2D eigenvalue weighted by molar-refractivity contribution is 1.16. The van der Waals surface area contributed by atoms with Crippen LogP contribution in [-0.2, 0) is 0 Å². The van der Waals surface area contributed by atoms with Gasteiger partial charge in [0, 0.05) is 60.7 Å². The predicted octanol–water partition coefficient (Wildman–Crippen LogP) is 20.6. The van der Waals surface area contributed by atoms with Crippen LogP contribution in [0.2, 0.25) is 0 Å². The van der Waals surface area contributed by atoms with Gasteiger partial charge in [-0.25, -0.2) is 9.97 Å². The van der Waals surface area contributed by atoms with Gasteiger partial charge in [0.05, 0.1) is 33.5 Å². The van der Waals surface area contributed by atoms with Crippen molar-refractivity contribution in [1.82, 2.24) is 19.1 Å². The van der Waals surface area contributed by atoms with Crippen molar-refractivity contribution < 1.29 is 0 Å². The molecular formula is C78H46N4. The summed E-state index contributed by atoms with van der Waals surface area (Å²) in [5, 5.41) is 10.2. The molecule has 3 heterocycles. The lowest BCUT2D eigenvalue weighted by Crippen LogP contribution is -1.97. The highest BCUT2D eigenvalue weighted by atomic mass is 15.0. The molecule has 0 bridgehead atoms. The third kappa shape index (κ3) is 6.49. The first kappa shape index (κ1) is 45.0. The van der Waals surface area contributed by atoms with E-state index in [9.17, 15) is 0 Å². The van der Waals surface area contributed by atoms with Crippen molar-refractivity contribution in [3.63, 3.8) is 0 Å². The van der Waals surface area contributed by atoms with Gasteiger partial charge >= 0.3 is 0 Å². The third-order valence-corrected chi connectivity index (χ3v) is 17.6. The second-order valence-corrected chi connectivity index (χ2v) is 21.9. The molecule has 0 spiro atoms. The molecule has 0 radical (unpaired) electrons. The van der Waals surface area contributed by atoms with Gasteiger partial charge in [-0.05, 0) is 144 Å². The van der Waals surface area contributed by atoms with Crippen LogP contribution in [-0.4, -0.2) is 19.1 Å². The van der Waals surface area contributed by atoms with Gasteiger partial charge in [-0.1, -0.05) is 212 Å². The van der Waals surface area contributed by atoms with E-state index in [2.05, 4.69) is 288 Å². The molecule has 2 aliphatic carbocycles. The van der Waals surface area contributed by atoms with Crippen LogP contribution in [0.4, 0.5) is 0 Å². The minimum Gasteiger partial charge on any atom is -0.309 e. The molecule has 13 aromatic carbocycles. The first-order valence-electron chi connectivity index (χ1n) is 28.2. The lowest BCUT2D eigenvalue weighted by atomic mass is 9.95. The Labute approximate surface area is 472 Å². The third-order valence-electron chi connectivity index (χ3n) is 17.6. The molecule has 0 fully saturated rings. The molecule has 0 amide bonds. The highest BCUT2D eigenvalue weighted by molar-refractivity contribution is 6.28. The summed E-state index contributed by atoms with van der Waals surface area (Å²) in [7, 11) is 0. The monoisotopic (exact) mass is 1040 g/mol. The summed E-state index contributed by atoms with van der Waals surface area (Å²) in [5.74, 6) is 0.674. The van der Waals surface area contributed by atoms with Crippen LogP contribution in [0.1, 0.15) is 0 Å². The molecule has 0 saturated heterocycles. The number of fused-ring (bicyclic) bond motifs is 14. The van der Waals surface area contributed by atoms with Gasteiger partial charge in [0.1, 0.15) is 0 Å². The predicted molar refractivity (Wildman–Crippen MR) is 342 cm³/mol. The molecule has 3 aromatic heterocycles. The van der Waals surface area contributed by atoms with Crippen molar-refractivity contribution in [2.45, 2.75) is 0 Å². The van der Waals surface area contributed by atoms with E-state index in [1.165, 1.54) is 121 Å². The van der Waals surface area contributed by atoms with E-state index in [1.54, 1.807) is 0 Å². The standard InChI is InChI=1S/C78H46N4/c1-3-15-47(16-4-1)48-33-37-56(38-34-48)82-69-32-14-26-57(73(69)65-42-41-61-59-28-11-20-51-22-13-30-64(72(51)59)75(61)77(65)82)53-23-9-24-54(45-53)67-46-66(49-17-5-2-6-18-49)79-78(80-67)52-35-39-55(40-36-52)81-68-31-8-7-25-62(68)76-70(81)44-43-60-58-27-10-19-50-21-12-29-63(71(50)58)74(60)76/h1-46H. The topological polar surface area (TPSA) is 35.6 Å². The number of benzene rings is 13. The molecule has 18 rings (SSSR count). The number of hydrogen-bond acceptors (Lipinski definition) is 2. The minimum absolute atomic E-state index is 0.674. The van der Waals surface area contributed by atoms with Crippen molar-refractivity contribution in [3.8, 4) is 112 Å². The minimum atomic E-state index is 0.674. The zero-order chi connectivity index (χ0) is 53.6. The molecule has 4 heteroatoms. The molecule has 82 heavy (non-hydrogen) atoms. The van der Waals surface area contributed by atoms with Gasteiger partial charge in [0.15, 0.2) is 5.82 Å². The van der Waals surface area contributed by atoms with E-state index in [0.717, 1.165) is 50.5 Å². The van der Waals surface area contributed by atoms with Crippen LogP contribution >= 0.6 is 0 Å². The fraction of sp³-hybridized carbons (Fsp3) is 0. The Balaban J connectivity index is 0.780. The summed E-state index contributed by atoms with van der Waals surface area (Å²) >= 11 is 0.